The smallest absolute Gasteiger partial charge is 0.419 e. The van der Waals surface area contributed by atoms with Gasteiger partial charge in [-0.25, -0.2) is 19.3 Å². The maximum atomic E-state index is 12.5. The fourth-order valence-electron chi connectivity index (χ4n) is 2.77. The zero-order valence-corrected chi connectivity index (χ0v) is 18.9. The molecular weight excluding hydrogens is 380 g/mol. The molecule has 1 rings (SSSR count). The van der Waals surface area contributed by atoms with Crippen LogP contribution in [0.5, 0.6) is 0 Å². The van der Waals surface area contributed by atoms with E-state index in [1.165, 1.54) is 0 Å². The number of carbonyl (C=O) groups excluding carboxylic acids is 3. The number of nitrogens with zero attached hydrogens (tertiary/aromatic N) is 2. The normalized spacial score (nSPS) is 19.7. The second kappa shape index (κ2) is 10.1. The van der Waals surface area contributed by atoms with Gasteiger partial charge in [-0.3, -0.25) is 0 Å². The minimum atomic E-state index is -0.789. The van der Waals surface area contributed by atoms with Crippen molar-refractivity contribution in [2.45, 2.75) is 85.2 Å². The summed E-state index contributed by atoms with van der Waals surface area (Å²) in [6, 6.07) is -0.00753. The highest BCUT2D eigenvalue weighted by Crippen LogP contribution is 2.21. The Bertz CT molecular complexity index is 552. The zero-order chi connectivity index (χ0) is 22.4. The van der Waals surface area contributed by atoms with Crippen LogP contribution < -0.4 is 0 Å². The van der Waals surface area contributed by atoms with Crippen LogP contribution >= 0.6 is 0 Å². The van der Waals surface area contributed by atoms with Crippen molar-refractivity contribution < 1.29 is 33.3 Å². The van der Waals surface area contributed by atoms with Crippen LogP contribution in [0.15, 0.2) is 0 Å². The van der Waals surface area contributed by atoms with Gasteiger partial charge in [-0.1, -0.05) is 0 Å². The summed E-state index contributed by atoms with van der Waals surface area (Å²) in [6.07, 6.45) is -1.49. The van der Waals surface area contributed by atoms with Gasteiger partial charge in [0, 0.05) is 6.04 Å². The third kappa shape index (κ3) is 8.89. The molecule has 2 atom stereocenters. The Morgan fingerprint density at radius 3 is 1.97 bits per heavy atom. The minimum absolute atomic E-state index is 0.00753. The quantitative estimate of drug-likeness (QED) is 0.629. The molecule has 1 aliphatic rings. The molecule has 0 aromatic carbocycles. The SMILES string of the molecule is CCOC(=O)N1C[C@H](OCCN(C(=O)OC(C)(C)C)C(=O)OC(C)(C)C)C[C@H]1C. The Kier molecular flexibility index (Phi) is 8.74. The molecule has 0 bridgehead atoms. The molecule has 0 radical (unpaired) electrons. The Morgan fingerprint density at radius 1 is 1.00 bits per heavy atom. The molecule has 1 fully saturated rings. The van der Waals surface area contributed by atoms with E-state index in [1.807, 2.05) is 6.92 Å². The van der Waals surface area contributed by atoms with Gasteiger partial charge in [-0.05, 0) is 61.8 Å². The number of imide groups is 1. The van der Waals surface area contributed by atoms with Gasteiger partial charge in [0.15, 0.2) is 0 Å². The molecular formula is C20H36N2O7. The van der Waals surface area contributed by atoms with Gasteiger partial charge in [-0.2, -0.15) is 0 Å². The predicted molar refractivity (Wildman–Crippen MR) is 107 cm³/mol. The first-order chi connectivity index (χ1) is 13.2. The van der Waals surface area contributed by atoms with E-state index in [0.29, 0.717) is 19.6 Å². The summed E-state index contributed by atoms with van der Waals surface area (Å²) in [5, 5.41) is 0. The summed E-state index contributed by atoms with van der Waals surface area (Å²) in [5.41, 5.74) is -1.50. The fourth-order valence-corrected chi connectivity index (χ4v) is 2.77. The van der Waals surface area contributed by atoms with Crippen LogP contribution in [0.4, 0.5) is 14.4 Å². The molecule has 0 aromatic heterocycles. The summed E-state index contributed by atoms with van der Waals surface area (Å²) in [6.45, 7) is 14.8. The fraction of sp³-hybridized carbons (Fsp3) is 0.850. The number of amides is 3. The number of carbonyl (C=O) groups is 3. The van der Waals surface area contributed by atoms with Crippen molar-refractivity contribution in [3.05, 3.63) is 0 Å². The Labute approximate surface area is 173 Å². The summed E-state index contributed by atoms with van der Waals surface area (Å²) in [7, 11) is 0. The van der Waals surface area contributed by atoms with Gasteiger partial charge < -0.3 is 23.8 Å². The van der Waals surface area contributed by atoms with Gasteiger partial charge in [0.25, 0.3) is 0 Å². The second-order valence-corrected chi connectivity index (χ2v) is 9.04. The third-order valence-electron chi connectivity index (χ3n) is 3.93. The molecule has 9 heteroatoms. The molecule has 1 heterocycles. The summed E-state index contributed by atoms with van der Waals surface area (Å²) in [4.78, 5) is 39.4. The molecule has 0 aliphatic carbocycles. The standard InChI is InChI=1S/C20H36N2O7/c1-9-26-16(23)22-13-15(12-14(22)2)27-11-10-21(17(24)28-19(3,4)5)18(25)29-20(6,7)8/h14-15H,9-13H2,1-8H3/t14-,15-/m1/s1. The molecule has 1 aliphatic heterocycles. The monoisotopic (exact) mass is 416 g/mol. The molecule has 0 N–H and O–H groups in total. The molecule has 9 nitrogen and oxygen atoms in total. The van der Waals surface area contributed by atoms with Crippen molar-refractivity contribution in [1.82, 2.24) is 9.80 Å². The summed E-state index contributed by atoms with van der Waals surface area (Å²) < 4.78 is 21.5. The van der Waals surface area contributed by atoms with Crippen molar-refractivity contribution >= 4 is 18.3 Å². The first kappa shape index (κ1) is 25.0. The number of hydrogen-bond acceptors (Lipinski definition) is 7. The van der Waals surface area contributed by atoms with Gasteiger partial charge in [0.2, 0.25) is 0 Å². The van der Waals surface area contributed by atoms with Crippen molar-refractivity contribution in [2.75, 3.05) is 26.3 Å². The van der Waals surface area contributed by atoms with Crippen molar-refractivity contribution in [1.29, 1.82) is 0 Å². The molecule has 29 heavy (non-hydrogen) atoms. The maximum Gasteiger partial charge on any atom is 0.419 e. The molecule has 0 saturated carbocycles. The molecule has 0 spiro atoms. The Hall–Kier alpha value is -2.03. The van der Waals surface area contributed by atoms with Crippen LogP contribution in [-0.2, 0) is 18.9 Å². The lowest BCUT2D eigenvalue weighted by atomic mass is 10.2. The summed E-state index contributed by atoms with van der Waals surface area (Å²) in [5.74, 6) is 0. The van der Waals surface area contributed by atoms with E-state index in [2.05, 4.69) is 0 Å². The third-order valence-corrected chi connectivity index (χ3v) is 3.93. The lowest BCUT2D eigenvalue weighted by Crippen LogP contribution is -2.45. The van der Waals surface area contributed by atoms with E-state index in [0.717, 1.165) is 4.90 Å². The van der Waals surface area contributed by atoms with Gasteiger partial charge in [0.1, 0.15) is 11.2 Å². The lowest BCUT2D eigenvalue weighted by Gasteiger charge is -2.28. The highest BCUT2D eigenvalue weighted by atomic mass is 16.6. The van der Waals surface area contributed by atoms with Crippen LogP contribution in [0, 0.1) is 0 Å². The van der Waals surface area contributed by atoms with Gasteiger partial charge in [0.05, 0.1) is 32.4 Å². The van der Waals surface area contributed by atoms with E-state index >= 15 is 0 Å². The number of likely N-dealkylation sites (tertiary alicyclic amines) is 1. The van der Waals surface area contributed by atoms with E-state index in [4.69, 9.17) is 18.9 Å². The van der Waals surface area contributed by atoms with Crippen molar-refractivity contribution in [3.8, 4) is 0 Å². The highest BCUT2D eigenvalue weighted by molar-refractivity contribution is 5.88. The molecule has 1 saturated heterocycles. The van der Waals surface area contributed by atoms with Crippen molar-refractivity contribution in [2.24, 2.45) is 0 Å². The topological polar surface area (TPSA) is 94.6 Å². The predicted octanol–water partition coefficient (Wildman–Crippen LogP) is 3.79. The average Bonchev–Trinajstić information content (AvgIpc) is 2.89. The van der Waals surface area contributed by atoms with Crippen LogP contribution in [0.2, 0.25) is 0 Å². The van der Waals surface area contributed by atoms with Crippen LogP contribution in [0.25, 0.3) is 0 Å². The molecule has 168 valence electrons. The molecule has 0 unspecified atom stereocenters. The van der Waals surface area contributed by atoms with Crippen LogP contribution in [0.3, 0.4) is 0 Å². The van der Waals surface area contributed by atoms with E-state index < -0.39 is 23.4 Å². The molecule has 3 amide bonds. The number of ether oxygens (including phenoxy) is 4. The highest BCUT2D eigenvalue weighted by Gasteiger charge is 2.35. The zero-order valence-electron chi connectivity index (χ0n) is 18.9. The minimum Gasteiger partial charge on any atom is -0.450 e. The van der Waals surface area contributed by atoms with E-state index in [-0.39, 0.29) is 31.4 Å². The number of hydrogen-bond donors (Lipinski definition) is 0. The summed E-state index contributed by atoms with van der Waals surface area (Å²) >= 11 is 0. The Morgan fingerprint density at radius 2 is 1.52 bits per heavy atom. The Balaban J connectivity index is 2.67. The molecule has 0 aromatic rings. The van der Waals surface area contributed by atoms with Crippen LogP contribution in [0.1, 0.15) is 61.8 Å². The number of rotatable bonds is 5. The average molecular weight is 417 g/mol. The van der Waals surface area contributed by atoms with Gasteiger partial charge in [-0.15, -0.1) is 0 Å². The first-order valence-electron chi connectivity index (χ1n) is 10.0. The maximum absolute atomic E-state index is 12.5. The lowest BCUT2D eigenvalue weighted by molar-refractivity contribution is -0.0102. The van der Waals surface area contributed by atoms with Crippen LogP contribution in [-0.4, -0.2) is 77.7 Å². The van der Waals surface area contributed by atoms with Crippen molar-refractivity contribution in [3.63, 3.8) is 0 Å². The van der Waals surface area contributed by atoms with E-state index in [9.17, 15) is 14.4 Å². The first-order valence-corrected chi connectivity index (χ1v) is 10.0. The van der Waals surface area contributed by atoms with E-state index in [1.54, 1.807) is 53.4 Å². The second-order valence-electron chi connectivity index (χ2n) is 9.04. The largest absolute Gasteiger partial charge is 0.450 e. The van der Waals surface area contributed by atoms with Gasteiger partial charge >= 0.3 is 18.3 Å².